The Hall–Kier alpha value is -2.78. The lowest BCUT2D eigenvalue weighted by molar-refractivity contribution is -0.139. The van der Waals surface area contributed by atoms with E-state index in [4.69, 9.17) is 34.8 Å². The summed E-state index contributed by atoms with van der Waals surface area (Å²) in [7, 11) is -4.18. The van der Waals surface area contributed by atoms with Crippen molar-refractivity contribution in [2.24, 2.45) is 0 Å². The topological polar surface area (TPSA) is 86.8 Å². The summed E-state index contributed by atoms with van der Waals surface area (Å²) in [5.41, 5.74) is 1.80. The van der Waals surface area contributed by atoms with Crippen LogP contribution in [0.3, 0.4) is 0 Å². The number of hydrogen-bond donors (Lipinski definition) is 1. The van der Waals surface area contributed by atoms with Gasteiger partial charge in [0.25, 0.3) is 10.0 Å². The Kier molecular flexibility index (Phi) is 11.3. The number of sulfonamides is 1. The molecule has 0 saturated heterocycles. The van der Waals surface area contributed by atoms with Crippen LogP contribution >= 0.6 is 34.8 Å². The molecular weight excluding hydrogens is 593 g/mol. The maximum absolute atomic E-state index is 13.9. The van der Waals surface area contributed by atoms with Crippen molar-refractivity contribution < 1.29 is 18.0 Å². The van der Waals surface area contributed by atoms with Crippen LogP contribution in [0.1, 0.15) is 37.8 Å². The average Bonchev–Trinajstić information content (AvgIpc) is 2.91. The van der Waals surface area contributed by atoms with E-state index >= 15 is 0 Å². The highest BCUT2D eigenvalue weighted by atomic mass is 35.5. The molecule has 1 N–H and O–H groups in total. The van der Waals surface area contributed by atoms with Crippen molar-refractivity contribution in [3.63, 3.8) is 0 Å². The fourth-order valence-electron chi connectivity index (χ4n) is 3.93. The Morgan fingerprint density at radius 1 is 0.925 bits per heavy atom. The number of nitrogens with zero attached hydrogens (tertiary/aromatic N) is 2. The zero-order chi connectivity index (χ0) is 29.4. The van der Waals surface area contributed by atoms with Gasteiger partial charge in [-0.15, -0.1) is 0 Å². The van der Waals surface area contributed by atoms with Gasteiger partial charge >= 0.3 is 0 Å². The van der Waals surface area contributed by atoms with E-state index in [1.54, 1.807) is 49.4 Å². The molecule has 0 radical (unpaired) electrons. The fourth-order valence-corrected chi connectivity index (χ4v) is 5.93. The summed E-state index contributed by atoms with van der Waals surface area (Å²) >= 11 is 18.4. The number of anilines is 1. The van der Waals surface area contributed by atoms with Crippen LogP contribution < -0.4 is 9.62 Å². The summed E-state index contributed by atoms with van der Waals surface area (Å²) in [5, 5.41) is 3.98. The van der Waals surface area contributed by atoms with Gasteiger partial charge in [0.1, 0.15) is 12.6 Å². The van der Waals surface area contributed by atoms with Crippen molar-refractivity contribution in [1.29, 1.82) is 0 Å². The maximum atomic E-state index is 13.9. The van der Waals surface area contributed by atoms with E-state index in [2.05, 4.69) is 5.32 Å². The minimum absolute atomic E-state index is 0.0251. The van der Waals surface area contributed by atoms with Gasteiger partial charge in [-0.1, -0.05) is 71.9 Å². The first-order valence-corrected chi connectivity index (χ1v) is 15.4. The molecule has 3 rings (SSSR count). The SMILES string of the molecule is CCCCNC(=O)[C@H](C)N(Cc1ccc(Cl)cc1Cl)C(=O)CN(c1ccc(C)cc1)S(=O)(=O)c1ccc(Cl)cc1. The summed E-state index contributed by atoms with van der Waals surface area (Å²) in [6, 6.07) is 16.5. The van der Waals surface area contributed by atoms with Gasteiger partial charge in [-0.2, -0.15) is 0 Å². The quantitative estimate of drug-likeness (QED) is 0.234. The predicted molar refractivity (Wildman–Crippen MR) is 162 cm³/mol. The van der Waals surface area contributed by atoms with E-state index in [-0.39, 0.29) is 17.3 Å². The number of amides is 2. The number of unbranched alkanes of at least 4 members (excludes halogenated alkanes) is 1. The predicted octanol–water partition coefficient (Wildman–Crippen LogP) is 6.48. The van der Waals surface area contributed by atoms with E-state index in [1.165, 1.54) is 29.2 Å². The molecule has 3 aromatic rings. The molecule has 40 heavy (non-hydrogen) atoms. The van der Waals surface area contributed by atoms with Gasteiger partial charge in [0.05, 0.1) is 10.6 Å². The first-order chi connectivity index (χ1) is 18.9. The van der Waals surface area contributed by atoms with Gasteiger partial charge in [-0.25, -0.2) is 8.42 Å². The molecule has 0 aliphatic rings. The molecule has 7 nitrogen and oxygen atoms in total. The summed E-state index contributed by atoms with van der Waals surface area (Å²) < 4.78 is 28.7. The number of rotatable bonds is 12. The molecule has 3 aromatic carbocycles. The largest absolute Gasteiger partial charge is 0.354 e. The molecule has 0 heterocycles. The van der Waals surface area contributed by atoms with Crippen LogP contribution in [0.2, 0.25) is 15.1 Å². The number of carbonyl (C=O) groups is 2. The maximum Gasteiger partial charge on any atom is 0.264 e. The lowest BCUT2D eigenvalue weighted by Gasteiger charge is -2.32. The van der Waals surface area contributed by atoms with Crippen LogP contribution in [0, 0.1) is 6.92 Å². The van der Waals surface area contributed by atoms with Gasteiger partial charge in [-0.3, -0.25) is 13.9 Å². The molecule has 0 saturated carbocycles. The van der Waals surface area contributed by atoms with Crippen molar-refractivity contribution in [2.75, 3.05) is 17.4 Å². The zero-order valence-corrected chi connectivity index (χ0v) is 25.6. The second kappa shape index (κ2) is 14.2. The number of carbonyl (C=O) groups excluding carboxylic acids is 2. The number of nitrogens with one attached hydrogen (secondary N) is 1. The summed E-state index contributed by atoms with van der Waals surface area (Å²) in [5.74, 6) is -0.934. The lowest BCUT2D eigenvalue weighted by atomic mass is 10.1. The van der Waals surface area contributed by atoms with Crippen LogP contribution in [-0.4, -0.2) is 44.3 Å². The monoisotopic (exact) mass is 623 g/mol. The standard InChI is InChI=1S/C29H32Cl3N3O4S/c1-4-5-16-33-29(37)21(3)34(18-22-8-9-24(31)17-27(22)32)28(36)19-35(25-12-6-20(2)7-13-25)40(38,39)26-14-10-23(30)11-15-26/h6-15,17,21H,4-5,16,18-19H2,1-3H3,(H,33,37)/t21-/m0/s1. The average molecular weight is 625 g/mol. The minimum atomic E-state index is -4.18. The van der Waals surface area contributed by atoms with Crippen LogP contribution in [-0.2, 0) is 26.2 Å². The van der Waals surface area contributed by atoms with Crippen molar-refractivity contribution in [3.05, 3.63) is 92.9 Å². The third-order valence-corrected chi connectivity index (χ3v) is 8.98. The van der Waals surface area contributed by atoms with E-state index in [0.717, 1.165) is 22.7 Å². The molecule has 1 atom stereocenters. The second-order valence-electron chi connectivity index (χ2n) is 9.38. The number of benzene rings is 3. The minimum Gasteiger partial charge on any atom is -0.354 e. The van der Waals surface area contributed by atoms with Crippen molar-refractivity contribution in [1.82, 2.24) is 10.2 Å². The molecule has 0 unspecified atom stereocenters. The van der Waals surface area contributed by atoms with Gasteiger partial charge in [0.15, 0.2) is 0 Å². The number of hydrogen-bond acceptors (Lipinski definition) is 4. The molecule has 11 heteroatoms. The van der Waals surface area contributed by atoms with E-state index in [9.17, 15) is 18.0 Å². The Bertz CT molecular complexity index is 1430. The van der Waals surface area contributed by atoms with Crippen LogP contribution in [0.15, 0.2) is 71.6 Å². The van der Waals surface area contributed by atoms with Gasteiger partial charge in [0.2, 0.25) is 11.8 Å². The highest BCUT2D eigenvalue weighted by Crippen LogP contribution is 2.27. The molecular formula is C29H32Cl3N3O4S. The molecule has 0 spiro atoms. The van der Waals surface area contributed by atoms with Crippen molar-refractivity contribution in [2.45, 2.75) is 51.1 Å². The zero-order valence-electron chi connectivity index (χ0n) is 22.5. The second-order valence-corrected chi connectivity index (χ2v) is 12.5. The summed E-state index contributed by atoms with van der Waals surface area (Å²) in [6.07, 6.45) is 1.68. The smallest absolute Gasteiger partial charge is 0.264 e. The van der Waals surface area contributed by atoms with E-state index in [1.807, 2.05) is 13.8 Å². The highest BCUT2D eigenvalue weighted by Gasteiger charge is 2.32. The van der Waals surface area contributed by atoms with Crippen molar-refractivity contribution in [3.8, 4) is 0 Å². The molecule has 0 aliphatic carbocycles. The Labute approximate surface area is 251 Å². The van der Waals surface area contributed by atoms with Gasteiger partial charge < -0.3 is 10.2 Å². The Morgan fingerprint density at radius 2 is 1.55 bits per heavy atom. The van der Waals surface area contributed by atoms with E-state index in [0.29, 0.717) is 32.9 Å². The molecule has 0 bridgehead atoms. The number of aryl methyl sites for hydroxylation is 1. The van der Waals surface area contributed by atoms with Crippen molar-refractivity contribution >= 4 is 62.3 Å². The molecule has 214 valence electrons. The van der Waals surface area contributed by atoms with E-state index < -0.39 is 28.5 Å². The third kappa shape index (κ3) is 8.13. The van der Waals surface area contributed by atoms with Crippen LogP contribution in [0.4, 0.5) is 5.69 Å². The molecule has 0 aliphatic heterocycles. The normalized spacial score (nSPS) is 12.1. The fraction of sp³-hybridized carbons (Fsp3) is 0.310. The van der Waals surface area contributed by atoms with Gasteiger partial charge in [-0.05, 0) is 74.4 Å². The van der Waals surface area contributed by atoms with Crippen LogP contribution in [0.5, 0.6) is 0 Å². The molecule has 0 aromatic heterocycles. The third-order valence-electron chi connectivity index (χ3n) is 6.36. The molecule has 2 amide bonds. The lowest BCUT2D eigenvalue weighted by Crippen LogP contribution is -2.51. The Morgan fingerprint density at radius 3 is 2.15 bits per heavy atom. The van der Waals surface area contributed by atoms with Crippen LogP contribution in [0.25, 0.3) is 0 Å². The highest BCUT2D eigenvalue weighted by molar-refractivity contribution is 7.92. The van der Waals surface area contributed by atoms with Gasteiger partial charge in [0, 0.05) is 28.2 Å². The first kappa shape index (κ1) is 31.7. The summed E-state index contributed by atoms with van der Waals surface area (Å²) in [6.45, 7) is 5.38. The Balaban J connectivity index is 2.01. The first-order valence-electron chi connectivity index (χ1n) is 12.8. The number of halogens is 3. The summed E-state index contributed by atoms with van der Waals surface area (Å²) in [4.78, 5) is 28.3. The molecule has 0 fully saturated rings.